The lowest BCUT2D eigenvalue weighted by Gasteiger charge is -2.28. The van der Waals surface area contributed by atoms with Crippen LogP contribution in [-0.4, -0.2) is 28.2 Å². The molecule has 0 radical (unpaired) electrons. The molecule has 1 aromatic rings. The van der Waals surface area contributed by atoms with Crippen molar-refractivity contribution in [3.63, 3.8) is 0 Å². The molecule has 0 aliphatic heterocycles. The van der Waals surface area contributed by atoms with E-state index in [0.717, 1.165) is 13.1 Å². The molecule has 2 nitrogen and oxygen atoms in total. The SMILES string of the molecule is CC(C)(O)CN(Cc1ccsc1)C1CC1. The van der Waals surface area contributed by atoms with Gasteiger partial charge in [-0.2, -0.15) is 11.3 Å². The zero-order valence-electron chi connectivity index (χ0n) is 9.44. The Morgan fingerprint density at radius 2 is 2.27 bits per heavy atom. The lowest BCUT2D eigenvalue weighted by molar-refractivity contribution is 0.0305. The Bertz CT molecular complexity index is 298. The van der Waals surface area contributed by atoms with Crippen LogP contribution in [0.4, 0.5) is 0 Å². The Morgan fingerprint density at radius 3 is 2.73 bits per heavy atom. The number of hydrogen-bond acceptors (Lipinski definition) is 3. The maximum absolute atomic E-state index is 9.85. The van der Waals surface area contributed by atoms with Crippen molar-refractivity contribution >= 4 is 11.3 Å². The second kappa shape index (κ2) is 4.24. The molecule has 0 aromatic carbocycles. The van der Waals surface area contributed by atoms with Crippen LogP contribution in [-0.2, 0) is 6.54 Å². The van der Waals surface area contributed by atoms with Gasteiger partial charge >= 0.3 is 0 Å². The molecule has 1 aliphatic carbocycles. The predicted octanol–water partition coefficient (Wildman–Crippen LogP) is 2.48. The van der Waals surface area contributed by atoms with Gasteiger partial charge in [0.15, 0.2) is 0 Å². The molecule has 3 heteroatoms. The standard InChI is InChI=1S/C12H19NOS/c1-12(2,14)9-13(11-3-4-11)7-10-5-6-15-8-10/h5-6,8,11,14H,3-4,7,9H2,1-2H3. The summed E-state index contributed by atoms with van der Waals surface area (Å²) in [4.78, 5) is 2.40. The van der Waals surface area contributed by atoms with E-state index >= 15 is 0 Å². The average Bonchev–Trinajstić information content (AvgIpc) is 2.83. The third-order valence-corrected chi connectivity index (χ3v) is 3.35. The van der Waals surface area contributed by atoms with Gasteiger partial charge in [0.05, 0.1) is 5.60 Å². The van der Waals surface area contributed by atoms with Crippen LogP contribution in [0.25, 0.3) is 0 Å². The highest BCUT2D eigenvalue weighted by Gasteiger charge is 2.32. The topological polar surface area (TPSA) is 23.5 Å². The van der Waals surface area contributed by atoms with Gasteiger partial charge in [-0.3, -0.25) is 4.90 Å². The molecule has 0 atom stereocenters. The van der Waals surface area contributed by atoms with Gasteiger partial charge in [-0.05, 0) is 49.1 Å². The third-order valence-electron chi connectivity index (χ3n) is 2.62. The molecule has 0 spiro atoms. The van der Waals surface area contributed by atoms with Crippen LogP contribution in [0.3, 0.4) is 0 Å². The smallest absolute Gasteiger partial charge is 0.0718 e. The van der Waals surface area contributed by atoms with E-state index in [4.69, 9.17) is 0 Å². The molecule has 1 aliphatic rings. The molecule has 2 rings (SSSR count). The first kappa shape index (κ1) is 11.1. The molecule has 1 N–H and O–H groups in total. The Morgan fingerprint density at radius 1 is 1.53 bits per heavy atom. The first-order valence-corrected chi connectivity index (χ1v) is 6.46. The lowest BCUT2D eigenvalue weighted by Crippen LogP contribution is -2.39. The number of nitrogens with zero attached hydrogens (tertiary/aromatic N) is 1. The fourth-order valence-electron chi connectivity index (χ4n) is 1.87. The zero-order valence-corrected chi connectivity index (χ0v) is 10.3. The van der Waals surface area contributed by atoms with E-state index in [9.17, 15) is 5.11 Å². The fourth-order valence-corrected chi connectivity index (χ4v) is 2.53. The van der Waals surface area contributed by atoms with E-state index in [1.165, 1.54) is 18.4 Å². The zero-order chi connectivity index (χ0) is 10.9. The molecular weight excluding hydrogens is 206 g/mol. The first-order valence-electron chi connectivity index (χ1n) is 5.52. The Balaban J connectivity index is 1.95. The molecule has 1 heterocycles. The van der Waals surface area contributed by atoms with Crippen molar-refractivity contribution in [2.45, 2.75) is 44.9 Å². The van der Waals surface area contributed by atoms with Crippen LogP contribution >= 0.6 is 11.3 Å². The van der Waals surface area contributed by atoms with Crippen molar-refractivity contribution in [2.24, 2.45) is 0 Å². The van der Waals surface area contributed by atoms with Gasteiger partial charge in [0.2, 0.25) is 0 Å². The van der Waals surface area contributed by atoms with Crippen molar-refractivity contribution in [1.29, 1.82) is 0 Å². The second-order valence-corrected chi connectivity index (χ2v) is 5.86. The Hall–Kier alpha value is -0.380. The number of thiophene rings is 1. The van der Waals surface area contributed by atoms with Crippen molar-refractivity contribution in [3.8, 4) is 0 Å². The highest BCUT2D eigenvalue weighted by molar-refractivity contribution is 7.07. The van der Waals surface area contributed by atoms with Crippen molar-refractivity contribution in [3.05, 3.63) is 22.4 Å². The van der Waals surface area contributed by atoms with Gasteiger partial charge in [0.25, 0.3) is 0 Å². The number of rotatable bonds is 5. The van der Waals surface area contributed by atoms with Crippen LogP contribution in [0.5, 0.6) is 0 Å². The summed E-state index contributed by atoms with van der Waals surface area (Å²) < 4.78 is 0. The first-order chi connectivity index (χ1) is 7.04. The van der Waals surface area contributed by atoms with E-state index in [0.29, 0.717) is 6.04 Å². The molecule has 1 saturated carbocycles. The van der Waals surface area contributed by atoms with E-state index in [1.54, 1.807) is 11.3 Å². The predicted molar refractivity (Wildman–Crippen MR) is 64.0 cm³/mol. The van der Waals surface area contributed by atoms with Crippen molar-refractivity contribution in [2.75, 3.05) is 6.54 Å². The van der Waals surface area contributed by atoms with Crippen molar-refractivity contribution in [1.82, 2.24) is 4.90 Å². The summed E-state index contributed by atoms with van der Waals surface area (Å²) in [6, 6.07) is 2.88. The van der Waals surface area contributed by atoms with Gasteiger partial charge in [0.1, 0.15) is 0 Å². The highest BCUT2D eigenvalue weighted by atomic mass is 32.1. The number of aliphatic hydroxyl groups is 1. The summed E-state index contributed by atoms with van der Waals surface area (Å²) in [5.41, 5.74) is 0.787. The maximum atomic E-state index is 9.85. The highest BCUT2D eigenvalue weighted by Crippen LogP contribution is 2.29. The minimum absolute atomic E-state index is 0.585. The fraction of sp³-hybridized carbons (Fsp3) is 0.667. The third kappa shape index (κ3) is 3.59. The van der Waals surface area contributed by atoms with Gasteiger partial charge < -0.3 is 5.11 Å². The normalized spacial score (nSPS) is 17.3. The van der Waals surface area contributed by atoms with E-state index < -0.39 is 5.60 Å². The Kier molecular flexibility index (Phi) is 3.14. The Labute approximate surface area is 95.5 Å². The summed E-state index contributed by atoms with van der Waals surface area (Å²) in [5.74, 6) is 0. The van der Waals surface area contributed by atoms with E-state index in [2.05, 4.69) is 21.7 Å². The van der Waals surface area contributed by atoms with Crippen LogP contribution in [0.15, 0.2) is 16.8 Å². The molecule has 0 unspecified atom stereocenters. The molecule has 15 heavy (non-hydrogen) atoms. The van der Waals surface area contributed by atoms with Crippen LogP contribution in [0.1, 0.15) is 32.3 Å². The molecule has 0 bridgehead atoms. The largest absolute Gasteiger partial charge is 0.389 e. The van der Waals surface area contributed by atoms with Crippen LogP contribution in [0.2, 0.25) is 0 Å². The lowest BCUT2D eigenvalue weighted by atomic mass is 10.1. The summed E-state index contributed by atoms with van der Waals surface area (Å²) in [6.07, 6.45) is 2.58. The minimum Gasteiger partial charge on any atom is -0.389 e. The monoisotopic (exact) mass is 225 g/mol. The second-order valence-electron chi connectivity index (χ2n) is 5.08. The summed E-state index contributed by atoms with van der Waals surface area (Å²) in [5, 5.41) is 14.2. The van der Waals surface area contributed by atoms with Gasteiger partial charge in [0, 0.05) is 19.1 Å². The minimum atomic E-state index is -0.585. The van der Waals surface area contributed by atoms with Gasteiger partial charge in [-0.1, -0.05) is 0 Å². The molecular formula is C12H19NOS. The molecule has 84 valence electrons. The molecule has 0 saturated heterocycles. The van der Waals surface area contributed by atoms with E-state index in [1.807, 2.05) is 13.8 Å². The average molecular weight is 225 g/mol. The van der Waals surface area contributed by atoms with E-state index in [-0.39, 0.29) is 0 Å². The molecule has 1 aromatic heterocycles. The molecule has 1 fully saturated rings. The quantitative estimate of drug-likeness (QED) is 0.832. The summed E-state index contributed by atoms with van der Waals surface area (Å²) in [6.45, 7) is 5.53. The summed E-state index contributed by atoms with van der Waals surface area (Å²) in [7, 11) is 0. The summed E-state index contributed by atoms with van der Waals surface area (Å²) >= 11 is 1.74. The van der Waals surface area contributed by atoms with Gasteiger partial charge in [-0.25, -0.2) is 0 Å². The number of hydrogen-bond donors (Lipinski definition) is 1. The van der Waals surface area contributed by atoms with Crippen molar-refractivity contribution < 1.29 is 5.11 Å². The maximum Gasteiger partial charge on any atom is 0.0718 e. The van der Waals surface area contributed by atoms with Crippen LogP contribution < -0.4 is 0 Å². The van der Waals surface area contributed by atoms with Crippen LogP contribution in [0, 0.1) is 0 Å². The van der Waals surface area contributed by atoms with Gasteiger partial charge in [-0.15, -0.1) is 0 Å². The molecule has 0 amide bonds.